The van der Waals surface area contributed by atoms with E-state index in [2.05, 4.69) is 0 Å². The van der Waals surface area contributed by atoms with Gasteiger partial charge in [0.15, 0.2) is 0 Å². The first-order chi connectivity index (χ1) is 5.06. The Bertz CT molecular complexity index is 125. The first kappa shape index (κ1) is 10.4. The Morgan fingerprint density at radius 2 is 2.18 bits per heavy atom. The molecule has 0 aliphatic rings. The van der Waals surface area contributed by atoms with Crippen molar-refractivity contribution in [1.29, 1.82) is 0 Å². The van der Waals surface area contributed by atoms with E-state index in [-0.39, 0.29) is 25.1 Å². The molecule has 0 rings (SSSR count). The van der Waals surface area contributed by atoms with Crippen molar-refractivity contribution < 1.29 is 14.6 Å². The Hall–Kier alpha value is -0.610. The van der Waals surface area contributed by atoms with Crippen LogP contribution in [0.1, 0.15) is 20.3 Å². The number of rotatable bonds is 4. The van der Waals surface area contributed by atoms with Crippen LogP contribution in [0.5, 0.6) is 0 Å². The molecular formula is C7H15NO3. The van der Waals surface area contributed by atoms with Crippen LogP contribution in [0.3, 0.4) is 0 Å². The van der Waals surface area contributed by atoms with Gasteiger partial charge in [0.1, 0.15) is 0 Å². The Labute approximate surface area is 66.3 Å². The summed E-state index contributed by atoms with van der Waals surface area (Å²) >= 11 is 0. The van der Waals surface area contributed by atoms with Crippen LogP contribution in [0, 0.1) is 0 Å². The number of esters is 1. The number of ether oxygens (including phenoxy) is 1. The molecule has 0 bridgehead atoms. The Morgan fingerprint density at radius 3 is 2.55 bits per heavy atom. The minimum absolute atomic E-state index is 0.0781. The lowest BCUT2D eigenvalue weighted by molar-refractivity contribution is -0.148. The van der Waals surface area contributed by atoms with Gasteiger partial charge in [0.2, 0.25) is 0 Å². The molecule has 4 nitrogen and oxygen atoms in total. The van der Waals surface area contributed by atoms with Crippen molar-refractivity contribution in [2.75, 3.05) is 6.61 Å². The van der Waals surface area contributed by atoms with Crippen molar-refractivity contribution in [2.45, 2.75) is 32.4 Å². The molecule has 0 radical (unpaired) electrons. The maximum atomic E-state index is 10.8. The summed E-state index contributed by atoms with van der Waals surface area (Å²) < 4.78 is 4.79. The van der Waals surface area contributed by atoms with Crippen LogP contribution >= 0.6 is 0 Å². The zero-order valence-corrected chi connectivity index (χ0v) is 6.91. The van der Waals surface area contributed by atoms with Gasteiger partial charge in [-0.05, 0) is 13.8 Å². The van der Waals surface area contributed by atoms with E-state index in [0.717, 1.165) is 0 Å². The Kier molecular flexibility index (Phi) is 4.81. The summed E-state index contributed by atoms with van der Waals surface area (Å²) in [5.74, 6) is -0.360. The lowest BCUT2D eigenvalue weighted by atomic mass is 10.2. The van der Waals surface area contributed by atoms with Gasteiger partial charge < -0.3 is 15.6 Å². The summed E-state index contributed by atoms with van der Waals surface area (Å²) in [5.41, 5.74) is 5.30. The maximum Gasteiger partial charge on any atom is 0.307 e. The number of aliphatic hydroxyl groups excluding tert-OH is 1. The fraction of sp³-hybridized carbons (Fsp3) is 0.857. The average Bonchev–Trinajstić information content (AvgIpc) is 1.85. The molecule has 1 unspecified atom stereocenters. The molecule has 0 aromatic carbocycles. The predicted octanol–water partition coefficient (Wildman–Crippen LogP) is -0.352. The van der Waals surface area contributed by atoms with Gasteiger partial charge in [-0.3, -0.25) is 4.79 Å². The van der Waals surface area contributed by atoms with E-state index in [1.54, 1.807) is 13.8 Å². The maximum absolute atomic E-state index is 10.8. The van der Waals surface area contributed by atoms with Gasteiger partial charge in [0.25, 0.3) is 0 Å². The zero-order chi connectivity index (χ0) is 8.85. The highest BCUT2D eigenvalue weighted by Gasteiger charge is 2.10. The third-order valence-electron chi connectivity index (χ3n) is 1.03. The first-order valence-electron chi connectivity index (χ1n) is 3.62. The number of hydrogen-bond acceptors (Lipinski definition) is 4. The first-order valence-corrected chi connectivity index (χ1v) is 3.62. The van der Waals surface area contributed by atoms with E-state index in [4.69, 9.17) is 15.6 Å². The Balaban J connectivity index is 3.52. The van der Waals surface area contributed by atoms with E-state index >= 15 is 0 Å². The highest BCUT2D eigenvalue weighted by atomic mass is 16.5. The van der Waals surface area contributed by atoms with Gasteiger partial charge in [0, 0.05) is 6.04 Å². The molecule has 0 aliphatic carbocycles. The van der Waals surface area contributed by atoms with Crippen molar-refractivity contribution in [2.24, 2.45) is 5.73 Å². The number of nitrogens with two attached hydrogens (primary N) is 1. The highest BCUT2D eigenvalue weighted by Crippen LogP contribution is 1.95. The predicted molar refractivity (Wildman–Crippen MR) is 40.9 cm³/mol. The molecule has 4 heteroatoms. The van der Waals surface area contributed by atoms with Crippen molar-refractivity contribution in [3.8, 4) is 0 Å². The fourth-order valence-electron chi connectivity index (χ4n) is 0.590. The molecule has 0 spiro atoms. The van der Waals surface area contributed by atoms with Gasteiger partial charge in [0.05, 0.1) is 19.1 Å². The minimum Gasteiger partial charge on any atom is -0.463 e. The zero-order valence-electron chi connectivity index (χ0n) is 6.91. The molecule has 0 fully saturated rings. The normalized spacial score (nSPS) is 13.2. The van der Waals surface area contributed by atoms with Gasteiger partial charge >= 0.3 is 5.97 Å². The lowest BCUT2D eigenvalue weighted by Crippen LogP contribution is -2.29. The van der Waals surface area contributed by atoms with Crippen LogP contribution < -0.4 is 5.73 Å². The van der Waals surface area contributed by atoms with E-state index in [1.807, 2.05) is 0 Å². The summed E-state index contributed by atoms with van der Waals surface area (Å²) in [6.45, 7) is 3.35. The molecule has 0 aromatic rings. The van der Waals surface area contributed by atoms with Crippen molar-refractivity contribution in [3.63, 3.8) is 0 Å². The van der Waals surface area contributed by atoms with E-state index < -0.39 is 6.04 Å². The number of hydrogen-bond donors (Lipinski definition) is 2. The molecule has 0 heterocycles. The quantitative estimate of drug-likeness (QED) is 0.553. The van der Waals surface area contributed by atoms with Crippen LogP contribution in [0.25, 0.3) is 0 Å². The standard InChI is InChI=1S/C7H15NO3/c1-5(2)11-7(10)3-6(8)4-9/h5-6,9H,3-4,8H2,1-2H3. The third-order valence-corrected chi connectivity index (χ3v) is 1.03. The van der Waals surface area contributed by atoms with Crippen LogP contribution in [0.15, 0.2) is 0 Å². The molecule has 0 saturated carbocycles. The molecule has 1 atom stereocenters. The second-order valence-corrected chi connectivity index (χ2v) is 2.69. The van der Waals surface area contributed by atoms with Crippen molar-refractivity contribution in [3.05, 3.63) is 0 Å². The SMILES string of the molecule is CC(C)OC(=O)CC(N)CO. The summed E-state index contributed by atoms with van der Waals surface area (Å²) in [6.07, 6.45) is -0.0392. The second-order valence-electron chi connectivity index (χ2n) is 2.69. The Morgan fingerprint density at radius 1 is 1.64 bits per heavy atom. The smallest absolute Gasteiger partial charge is 0.307 e. The molecule has 0 aliphatic heterocycles. The number of carbonyl (C=O) groups excluding carboxylic acids is 1. The lowest BCUT2D eigenvalue weighted by Gasteiger charge is -2.10. The van der Waals surface area contributed by atoms with Crippen molar-refractivity contribution >= 4 is 5.97 Å². The minimum atomic E-state index is -0.499. The highest BCUT2D eigenvalue weighted by molar-refractivity contribution is 5.70. The number of carbonyl (C=O) groups is 1. The van der Waals surface area contributed by atoms with Crippen LogP contribution in [-0.4, -0.2) is 29.8 Å². The van der Waals surface area contributed by atoms with Gasteiger partial charge in [-0.2, -0.15) is 0 Å². The third kappa shape index (κ3) is 5.82. The largest absolute Gasteiger partial charge is 0.463 e. The molecule has 11 heavy (non-hydrogen) atoms. The van der Waals surface area contributed by atoms with E-state index in [9.17, 15) is 4.79 Å². The monoisotopic (exact) mass is 161 g/mol. The molecule has 0 amide bonds. The summed E-state index contributed by atoms with van der Waals surface area (Å²) in [4.78, 5) is 10.8. The fourth-order valence-corrected chi connectivity index (χ4v) is 0.590. The topological polar surface area (TPSA) is 72.5 Å². The van der Waals surface area contributed by atoms with Gasteiger partial charge in [-0.1, -0.05) is 0 Å². The summed E-state index contributed by atoms with van der Waals surface area (Å²) in [7, 11) is 0. The van der Waals surface area contributed by atoms with Gasteiger partial charge in [-0.15, -0.1) is 0 Å². The molecule has 3 N–H and O–H groups in total. The molecular weight excluding hydrogens is 146 g/mol. The second kappa shape index (κ2) is 5.09. The van der Waals surface area contributed by atoms with Gasteiger partial charge in [-0.25, -0.2) is 0 Å². The molecule has 66 valence electrons. The van der Waals surface area contributed by atoms with Crippen LogP contribution in [0.2, 0.25) is 0 Å². The number of aliphatic hydroxyl groups is 1. The van der Waals surface area contributed by atoms with E-state index in [0.29, 0.717) is 0 Å². The van der Waals surface area contributed by atoms with Crippen molar-refractivity contribution in [1.82, 2.24) is 0 Å². The van der Waals surface area contributed by atoms with E-state index in [1.165, 1.54) is 0 Å². The summed E-state index contributed by atoms with van der Waals surface area (Å²) in [6, 6.07) is -0.499. The molecule has 0 aromatic heterocycles. The molecule has 0 saturated heterocycles. The summed E-state index contributed by atoms with van der Waals surface area (Å²) in [5, 5.41) is 8.49. The van der Waals surface area contributed by atoms with Crippen LogP contribution in [-0.2, 0) is 9.53 Å². The average molecular weight is 161 g/mol. The van der Waals surface area contributed by atoms with Crippen LogP contribution in [0.4, 0.5) is 0 Å².